The first-order valence-corrected chi connectivity index (χ1v) is 3.80. The van der Waals surface area contributed by atoms with Crippen molar-refractivity contribution >= 4 is 11.9 Å². The van der Waals surface area contributed by atoms with Gasteiger partial charge in [0.15, 0.2) is 0 Å². The lowest BCUT2D eigenvalue weighted by atomic mass is 10.1. The van der Waals surface area contributed by atoms with Gasteiger partial charge in [0.2, 0.25) is 5.76 Å². The van der Waals surface area contributed by atoms with Crippen molar-refractivity contribution in [3.8, 4) is 0 Å². The van der Waals surface area contributed by atoms with Gasteiger partial charge < -0.3 is 14.6 Å². The molecule has 0 aromatic rings. The Bertz CT molecular complexity index is 276. The molecule has 1 aliphatic rings. The third-order valence-corrected chi connectivity index (χ3v) is 1.49. The zero-order chi connectivity index (χ0) is 10.1. The maximum Gasteiger partial charge on any atom is 0.374 e. The fourth-order valence-corrected chi connectivity index (χ4v) is 0.843. The van der Waals surface area contributed by atoms with E-state index in [1.807, 2.05) is 0 Å². The van der Waals surface area contributed by atoms with Crippen LogP contribution < -0.4 is 5.11 Å². The molecule has 1 rings (SSSR count). The van der Waals surface area contributed by atoms with Gasteiger partial charge in [0, 0.05) is 5.60 Å². The minimum atomic E-state index is -1.97. The van der Waals surface area contributed by atoms with Gasteiger partial charge in [0.25, 0.3) is 0 Å². The van der Waals surface area contributed by atoms with Crippen molar-refractivity contribution in [1.82, 2.24) is 0 Å². The molecule has 1 atom stereocenters. The third-order valence-electron chi connectivity index (χ3n) is 1.49. The predicted octanol–water partition coefficient (Wildman–Crippen LogP) is -0.891. The van der Waals surface area contributed by atoms with Crippen molar-refractivity contribution in [3.05, 3.63) is 11.8 Å². The Morgan fingerprint density at radius 2 is 2.38 bits per heavy atom. The number of hydrogen-bond acceptors (Lipinski definition) is 5. The number of esters is 2. The van der Waals surface area contributed by atoms with Gasteiger partial charge >= 0.3 is 11.9 Å². The molecule has 0 N–H and O–H groups in total. The average molecular weight is 185 g/mol. The van der Waals surface area contributed by atoms with Crippen LogP contribution in [-0.2, 0) is 19.1 Å². The van der Waals surface area contributed by atoms with Crippen molar-refractivity contribution in [1.29, 1.82) is 0 Å². The zero-order valence-corrected chi connectivity index (χ0v) is 7.33. The van der Waals surface area contributed by atoms with Crippen LogP contribution in [0.15, 0.2) is 11.8 Å². The predicted molar refractivity (Wildman–Crippen MR) is 39.2 cm³/mol. The molecule has 1 unspecified atom stereocenters. The number of cyclic esters (lactones) is 1. The summed E-state index contributed by atoms with van der Waals surface area (Å²) in [6.45, 7) is 2.91. The number of ether oxygens (including phenoxy) is 2. The summed E-state index contributed by atoms with van der Waals surface area (Å²) in [5, 5.41) is 11.2. The summed E-state index contributed by atoms with van der Waals surface area (Å²) < 4.78 is 8.97. The lowest BCUT2D eigenvalue weighted by Gasteiger charge is -2.22. The van der Waals surface area contributed by atoms with Gasteiger partial charge in [0.1, 0.15) is 0 Å². The van der Waals surface area contributed by atoms with Crippen LogP contribution in [0, 0.1) is 0 Å². The van der Waals surface area contributed by atoms with Crippen molar-refractivity contribution in [2.24, 2.45) is 0 Å². The van der Waals surface area contributed by atoms with E-state index in [-0.39, 0.29) is 12.4 Å². The normalized spacial score (nSPS) is 26.7. The summed E-state index contributed by atoms with van der Waals surface area (Å²) in [5.41, 5.74) is -1.97. The molecule has 0 amide bonds. The largest absolute Gasteiger partial charge is 0.838 e. The Morgan fingerprint density at radius 1 is 1.77 bits per heavy atom. The maximum absolute atomic E-state index is 11.2. The molecule has 0 saturated heterocycles. The van der Waals surface area contributed by atoms with Crippen molar-refractivity contribution in [3.63, 3.8) is 0 Å². The quantitative estimate of drug-likeness (QED) is 0.521. The SMILES string of the molecule is CCOC(=O)C1=CC(C)([O-])C(=O)O1. The summed E-state index contributed by atoms with van der Waals surface area (Å²) in [7, 11) is 0. The molecule has 0 bridgehead atoms. The smallest absolute Gasteiger partial charge is 0.374 e. The van der Waals surface area contributed by atoms with Crippen molar-refractivity contribution in [2.45, 2.75) is 19.4 Å². The van der Waals surface area contributed by atoms with Crippen LogP contribution in [0.4, 0.5) is 0 Å². The van der Waals surface area contributed by atoms with E-state index < -0.39 is 17.5 Å². The molecule has 5 heteroatoms. The van der Waals surface area contributed by atoms with Crippen LogP contribution in [-0.4, -0.2) is 24.1 Å². The molecule has 0 spiro atoms. The van der Waals surface area contributed by atoms with E-state index >= 15 is 0 Å². The van der Waals surface area contributed by atoms with Crippen LogP contribution in [0.3, 0.4) is 0 Å². The average Bonchev–Trinajstić information content (AvgIpc) is 2.27. The van der Waals surface area contributed by atoms with Gasteiger partial charge in [-0.3, -0.25) is 4.79 Å². The van der Waals surface area contributed by atoms with Gasteiger partial charge in [-0.1, -0.05) is 6.92 Å². The monoisotopic (exact) mass is 185 g/mol. The molecule has 0 aromatic heterocycles. The summed E-state index contributed by atoms with van der Waals surface area (Å²) in [5.74, 6) is -2.07. The molecule has 0 saturated carbocycles. The Balaban J connectivity index is 2.75. The number of carbonyl (C=O) groups is 2. The van der Waals surface area contributed by atoms with Crippen LogP contribution in [0.2, 0.25) is 0 Å². The van der Waals surface area contributed by atoms with Gasteiger partial charge in [-0.2, -0.15) is 0 Å². The molecule has 1 heterocycles. The molecule has 5 nitrogen and oxygen atoms in total. The van der Waals surface area contributed by atoms with Crippen molar-refractivity contribution < 1.29 is 24.2 Å². The highest BCUT2D eigenvalue weighted by atomic mass is 16.6. The first-order valence-electron chi connectivity index (χ1n) is 3.80. The van der Waals surface area contributed by atoms with Crippen molar-refractivity contribution in [2.75, 3.05) is 6.61 Å². The Kier molecular flexibility index (Phi) is 2.38. The van der Waals surface area contributed by atoms with Crippen LogP contribution in [0.25, 0.3) is 0 Å². The second-order valence-corrected chi connectivity index (χ2v) is 2.73. The number of hydrogen-bond donors (Lipinski definition) is 0. The Labute approximate surface area is 74.9 Å². The summed E-state index contributed by atoms with van der Waals surface area (Å²) in [6.07, 6.45) is 0.924. The topological polar surface area (TPSA) is 75.7 Å². The molecule has 72 valence electrons. The van der Waals surface area contributed by atoms with Gasteiger partial charge in [-0.05, 0) is 13.0 Å². The molecule has 0 aliphatic carbocycles. The zero-order valence-electron chi connectivity index (χ0n) is 7.33. The maximum atomic E-state index is 11.2. The number of carbonyl (C=O) groups excluding carboxylic acids is 2. The van der Waals surface area contributed by atoms with E-state index in [9.17, 15) is 14.7 Å². The molecule has 13 heavy (non-hydrogen) atoms. The highest BCUT2D eigenvalue weighted by molar-refractivity contribution is 5.96. The third kappa shape index (κ3) is 1.86. The lowest BCUT2D eigenvalue weighted by Crippen LogP contribution is -2.44. The molecular weight excluding hydrogens is 176 g/mol. The first kappa shape index (κ1) is 9.73. The van der Waals surface area contributed by atoms with Crippen LogP contribution >= 0.6 is 0 Å². The second kappa shape index (κ2) is 3.18. The molecule has 0 aromatic carbocycles. The minimum Gasteiger partial charge on any atom is -0.838 e. The molecular formula is C8H9O5-. The minimum absolute atomic E-state index is 0.170. The van der Waals surface area contributed by atoms with Gasteiger partial charge in [-0.15, -0.1) is 0 Å². The van der Waals surface area contributed by atoms with Crippen LogP contribution in [0.5, 0.6) is 0 Å². The van der Waals surface area contributed by atoms with E-state index in [1.54, 1.807) is 6.92 Å². The standard InChI is InChI=1S/C8H9O5/c1-3-12-6(9)5-4-8(2,11)7(10)13-5/h4H,3H2,1-2H3/q-1. The summed E-state index contributed by atoms with van der Waals surface area (Å²) in [4.78, 5) is 21.8. The highest BCUT2D eigenvalue weighted by Crippen LogP contribution is 2.19. The van der Waals surface area contributed by atoms with Gasteiger partial charge in [0.05, 0.1) is 6.61 Å². The fraction of sp³-hybridized carbons (Fsp3) is 0.500. The van der Waals surface area contributed by atoms with Crippen LogP contribution in [0.1, 0.15) is 13.8 Å². The van der Waals surface area contributed by atoms with E-state index in [2.05, 4.69) is 9.47 Å². The lowest BCUT2D eigenvalue weighted by molar-refractivity contribution is -0.435. The van der Waals surface area contributed by atoms with E-state index in [1.165, 1.54) is 0 Å². The first-order chi connectivity index (χ1) is 5.97. The Hall–Kier alpha value is -1.36. The highest BCUT2D eigenvalue weighted by Gasteiger charge is 2.32. The molecule has 0 radical (unpaired) electrons. The molecule has 1 aliphatic heterocycles. The second-order valence-electron chi connectivity index (χ2n) is 2.73. The molecule has 0 fully saturated rings. The number of rotatable bonds is 2. The summed E-state index contributed by atoms with van der Waals surface area (Å²) >= 11 is 0. The van der Waals surface area contributed by atoms with E-state index in [0.29, 0.717) is 0 Å². The van der Waals surface area contributed by atoms with E-state index in [4.69, 9.17) is 0 Å². The summed E-state index contributed by atoms with van der Waals surface area (Å²) in [6, 6.07) is 0. The Morgan fingerprint density at radius 3 is 2.77 bits per heavy atom. The fourth-order valence-electron chi connectivity index (χ4n) is 0.843. The van der Waals surface area contributed by atoms with Gasteiger partial charge in [-0.25, -0.2) is 4.79 Å². The van der Waals surface area contributed by atoms with E-state index in [0.717, 1.165) is 13.0 Å².